The van der Waals surface area contributed by atoms with Crippen LogP contribution in [-0.4, -0.2) is 36.2 Å². The van der Waals surface area contributed by atoms with E-state index in [2.05, 4.69) is 36.5 Å². The van der Waals surface area contributed by atoms with Crippen LogP contribution in [-0.2, 0) is 4.79 Å². The standard InChI is InChI=1S/C17H24N2O2/c1-2-9-19(17(21)16-10-15(20)11-18-16)14-7-5-13(6-8-14)12-3-4-12/h5-8,12,15-16,18,20H,2-4,9-11H2,1H3. The van der Waals surface area contributed by atoms with E-state index in [1.165, 1.54) is 18.4 Å². The Hall–Kier alpha value is -1.39. The summed E-state index contributed by atoms with van der Waals surface area (Å²) < 4.78 is 0. The van der Waals surface area contributed by atoms with Gasteiger partial charge in [0.25, 0.3) is 0 Å². The molecule has 1 aromatic carbocycles. The second-order valence-electron chi connectivity index (χ2n) is 6.21. The molecule has 1 aliphatic carbocycles. The molecule has 4 heteroatoms. The largest absolute Gasteiger partial charge is 0.392 e. The first-order valence-corrected chi connectivity index (χ1v) is 8.02. The number of benzene rings is 1. The Bertz CT molecular complexity index is 496. The molecule has 0 aromatic heterocycles. The Morgan fingerprint density at radius 1 is 1.33 bits per heavy atom. The lowest BCUT2D eigenvalue weighted by atomic mass is 10.1. The van der Waals surface area contributed by atoms with Gasteiger partial charge in [0.2, 0.25) is 5.91 Å². The number of aliphatic hydroxyl groups is 1. The Morgan fingerprint density at radius 3 is 2.57 bits per heavy atom. The Kier molecular flexibility index (Phi) is 4.27. The molecule has 0 radical (unpaired) electrons. The number of rotatable bonds is 5. The van der Waals surface area contributed by atoms with Crippen molar-refractivity contribution >= 4 is 11.6 Å². The summed E-state index contributed by atoms with van der Waals surface area (Å²) >= 11 is 0. The van der Waals surface area contributed by atoms with Crippen LogP contribution in [0.25, 0.3) is 0 Å². The summed E-state index contributed by atoms with van der Waals surface area (Å²) in [7, 11) is 0. The Labute approximate surface area is 126 Å². The number of hydrogen-bond donors (Lipinski definition) is 2. The van der Waals surface area contributed by atoms with Gasteiger partial charge in [0, 0.05) is 18.8 Å². The molecule has 1 amide bonds. The highest BCUT2D eigenvalue weighted by atomic mass is 16.3. The average Bonchev–Trinajstić information content (AvgIpc) is 3.26. The lowest BCUT2D eigenvalue weighted by Gasteiger charge is -2.25. The summed E-state index contributed by atoms with van der Waals surface area (Å²) in [6, 6.07) is 8.17. The van der Waals surface area contributed by atoms with Gasteiger partial charge in [-0.1, -0.05) is 19.1 Å². The van der Waals surface area contributed by atoms with Crippen molar-refractivity contribution in [1.82, 2.24) is 5.32 Å². The van der Waals surface area contributed by atoms with Crippen LogP contribution in [0.5, 0.6) is 0 Å². The van der Waals surface area contributed by atoms with E-state index in [0.29, 0.717) is 13.0 Å². The van der Waals surface area contributed by atoms with E-state index >= 15 is 0 Å². The molecule has 114 valence electrons. The highest BCUT2D eigenvalue weighted by Crippen LogP contribution is 2.40. The molecule has 2 N–H and O–H groups in total. The van der Waals surface area contributed by atoms with Crippen LogP contribution in [0.3, 0.4) is 0 Å². The van der Waals surface area contributed by atoms with Crippen LogP contribution in [0, 0.1) is 0 Å². The summed E-state index contributed by atoms with van der Waals surface area (Å²) in [6.07, 6.45) is 3.62. The molecule has 0 spiro atoms. The zero-order valence-electron chi connectivity index (χ0n) is 12.6. The van der Waals surface area contributed by atoms with Crippen LogP contribution in [0.15, 0.2) is 24.3 Å². The van der Waals surface area contributed by atoms with E-state index in [9.17, 15) is 9.90 Å². The van der Waals surface area contributed by atoms with Crippen molar-refractivity contribution in [2.75, 3.05) is 18.0 Å². The molecule has 1 aromatic rings. The fourth-order valence-electron chi connectivity index (χ4n) is 3.03. The highest BCUT2D eigenvalue weighted by Gasteiger charge is 2.32. The fourth-order valence-corrected chi connectivity index (χ4v) is 3.03. The highest BCUT2D eigenvalue weighted by molar-refractivity contribution is 5.97. The monoisotopic (exact) mass is 288 g/mol. The van der Waals surface area contributed by atoms with Crippen molar-refractivity contribution in [3.63, 3.8) is 0 Å². The van der Waals surface area contributed by atoms with Crippen molar-refractivity contribution in [3.8, 4) is 0 Å². The summed E-state index contributed by atoms with van der Waals surface area (Å²) in [5, 5.41) is 12.7. The molecule has 2 unspecified atom stereocenters. The van der Waals surface area contributed by atoms with E-state index in [4.69, 9.17) is 0 Å². The Morgan fingerprint density at radius 2 is 2.05 bits per heavy atom. The molecule has 2 atom stereocenters. The van der Waals surface area contributed by atoms with E-state index < -0.39 is 6.10 Å². The quantitative estimate of drug-likeness (QED) is 0.871. The molecule has 4 nitrogen and oxygen atoms in total. The molecular formula is C17H24N2O2. The van der Waals surface area contributed by atoms with Gasteiger partial charge in [-0.2, -0.15) is 0 Å². The van der Waals surface area contributed by atoms with Gasteiger partial charge in [-0.3, -0.25) is 4.79 Å². The topological polar surface area (TPSA) is 52.6 Å². The van der Waals surface area contributed by atoms with E-state index in [0.717, 1.165) is 24.6 Å². The average molecular weight is 288 g/mol. The third-order valence-corrected chi connectivity index (χ3v) is 4.37. The third-order valence-electron chi connectivity index (χ3n) is 4.37. The Balaban J connectivity index is 1.74. The minimum absolute atomic E-state index is 0.0765. The van der Waals surface area contributed by atoms with Crippen molar-refractivity contribution in [3.05, 3.63) is 29.8 Å². The number of amides is 1. The SMILES string of the molecule is CCCN(C(=O)C1CC(O)CN1)c1ccc(C2CC2)cc1. The lowest BCUT2D eigenvalue weighted by Crippen LogP contribution is -2.44. The third kappa shape index (κ3) is 3.27. The molecule has 0 bridgehead atoms. The first kappa shape index (κ1) is 14.5. The number of aliphatic hydroxyl groups excluding tert-OH is 1. The van der Waals surface area contributed by atoms with E-state index in [1.54, 1.807) is 0 Å². The number of nitrogens with one attached hydrogen (secondary N) is 1. The molecule has 3 rings (SSSR count). The zero-order chi connectivity index (χ0) is 14.8. The number of anilines is 1. The number of β-amino-alcohol motifs (C(OH)–C–C–N with tert-alkyl or cyclic N) is 1. The second kappa shape index (κ2) is 6.16. The van der Waals surface area contributed by atoms with Crippen LogP contribution in [0.2, 0.25) is 0 Å². The molecule has 2 fully saturated rings. The van der Waals surface area contributed by atoms with E-state index in [1.807, 2.05) is 4.90 Å². The first-order valence-electron chi connectivity index (χ1n) is 8.02. The molecule has 1 heterocycles. The van der Waals surface area contributed by atoms with Crippen molar-refractivity contribution in [2.24, 2.45) is 0 Å². The summed E-state index contributed by atoms with van der Waals surface area (Å²) in [5.74, 6) is 0.814. The van der Waals surface area contributed by atoms with Gasteiger partial charge < -0.3 is 15.3 Å². The zero-order valence-corrected chi connectivity index (χ0v) is 12.6. The van der Waals surface area contributed by atoms with Crippen LogP contribution in [0.1, 0.15) is 44.1 Å². The van der Waals surface area contributed by atoms with Crippen molar-refractivity contribution in [2.45, 2.75) is 50.7 Å². The molecule has 21 heavy (non-hydrogen) atoms. The van der Waals surface area contributed by atoms with Crippen molar-refractivity contribution in [1.29, 1.82) is 0 Å². The van der Waals surface area contributed by atoms with Crippen LogP contribution in [0.4, 0.5) is 5.69 Å². The summed E-state index contributed by atoms with van der Waals surface area (Å²) in [4.78, 5) is 14.5. The number of carbonyl (C=O) groups excluding carboxylic acids is 1. The number of carbonyl (C=O) groups is 1. The molecule has 1 saturated heterocycles. The van der Waals surface area contributed by atoms with Crippen molar-refractivity contribution < 1.29 is 9.90 Å². The predicted octanol–water partition coefficient (Wildman–Crippen LogP) is 2.03. The smallest absolute Gasteiger partial charge is 0.244 e. The van der Waals surface area contributed by atoms with Gasteiger partial charge >= 0.3 is 0 Å². The molecule has 2 aliphatic rings. The van der Waals surface area contributed by atoms with Gasteiger partial charge in [0.05, 0.1) is 12.1 Å². The second-order valence-corrected chi connectivity index (χ2v) is 6.21. The molecule has 1 saturated carbocycles. The molecular weight excluding hydrogens is 264 g/mol. The van der Waals surface area contributed by atoms with Gasteiger partial charge in [-0.15, -0.1) is 0 Å². The maximum atomic E-state index is 12.7. The van der Waals surface area contributed by atoms with E-state index in [-0.39, 0.29) is 11.9 Å². The van der Waals surface area contributed by atoms with Gasteiger partial charge in [0.15, 0.2) is 0 Å². The van der Waals surface area contributed by atoms with Crippen LogP contribution < -0.4 is 10.2 Å². The predicted molar refractivity (Wildman–Crippen MR) is 83.5 cm³/mol. The summed E-state index contributed by atoms with van der Waals surface area (Å²) in [6.45, 7) is 3.31. The van der Waals surface area contributed by atoms with Gasteiger partial charge in [-0.25, -0.2) is 0 Å². The number of nitrogens with zero attached hydrogens (tertiary/aromatic N) is 1. The lowest BCUT2D eigenvalue weighted by molar-refractivity contribution is -0.120. The van der Waals surface area contributed by atoms with Crippen LogP contribution >= 0.6 is 0 Å². The molecule has 1 aliphatic heterocycles. The van der Waals surface area contributed by atoms with Gasteiger partial charge in [0.1, 0.15) is 0 Å². The summed E-state index contributed by atoms with van der Waals surface area (Å²) in [5.41, 5.74) is 2.35. The minimum atomic E-state index is -0.403. The maximum absolute atomic E-state index is 12.7. The van der Waals surface area contributed by atoms with Gasteiger partial charge in [-0.05, 0) is 49.3 Å². The minimum Gasteiger partial charge on any atom is -0.392 e. The number of hydrogen-bond acceptors (Lipinski definition) is 3. The first-order chi connectivity index (χ1) is 10.2. The maximum Gasteiger partial charge on any atom is 0.244 e. The normalized spacial score (nSPS) is 25.0. The fraction of sp³-hybridized carbons (Fsp3) is 0.588.